The lowest BCUT2D eigenvalue weighted by Crippen LogP contribution is -2.12. The summed E-state index contributed by atoms with van der Waals surface area (Å²) in [5.74, 6) is 0.822. The maximum atomic E-state index is 14.9. The van der Waals surface area contributed by atoms with Gasteiger partial charge in [-0.05, 0) is 94.0 Å². The van der Waals surface area contributed by atoms with Crippen molar-refractivity contribution in [2.24, 2.45) is 0 Å². The quantitative estimate of drug-likeness (QED) is 0.149. The van der Waals surface area contributed by atoms with Gasteiger partial charge in [0, 0.05) is 27.5 Å². The van der Waals surface area contributed by atoms with Crippen molar-refractivity contribution in [3.63, 3.8) is 0 Å². The molecule has 0 fully saturated rings. The van der Waals surface area contributed by atoms with Gasteiger partial charge in [-0.2, -0.15) is 36.9 Å². The summed E-state index contributed by atoms with van der Waals surface area (Å²) in [5, 5.41) is 21.5. The number of hydrogen-bond acceptors (Lipinski definition) is 5. The van der Waals surface area contributed by atoms with Crippen LogP contribution in [0.1, 0.15) is 22.3 Å². The van der Waals surface area contributed by atoms with E-state index in [4.69, 9.17) is 15.0 Å². The van der Waals surface area contributed by atoms with Gasteiger partial charge in [-0.25, -0.2) is 15.0 Å². The van der Waals surface area contributed by atoms with Crippen LogP contribution >= 0.6 is 0 Å². The zero-order chi connectivity index (χ0) is 46.5. The molecule has 2 heterocycles. The largest absolute Gasteiger partial charge is 0.417 e. The summed E-state index contributed by atoms with van der Waals surface area (Å²) in [4.78, 5) is 14.8. The maximum absolute atomic E-state index is 14.9. The van der Waals surface area contributed by atoms with Crippen LogP contribution in [0.3, 0.4) is 0 Å². The fraction of sp³-hybridized carbons (Fsp3) is 0.0364. The predicted octanol–water partition coefficient (Wildman–Crippen LogP) is 14.8. The Morgan fingerprint density at radius 2 is 0.836 bits per heavy atom. The minimum atomic E-state index is -5.15. The number of halogens is 6. The number of hydrogen-bond donors (Lipinski definition) is 0. The molecule has 6 nitrogen and oxygen atoms in total. The van der Waals surface area contributed by atoms with Crippen molar-refractivity contribution in [1.82, 2.24) is 19.5 Å². The fourth-order valence-corrected chi connectivity index (χ4v) is 8.49. The van der Waals surface area contributed by atoms with Gasteiger partial charge in [0.1, 0.15) is 0 Å². The van der Waals surface area contributed by atoms with E-state index in [1.165, 1.54) is 12.1 Å². The van der Waals surface area contributed by atoms with Crippen molar-refractivity contribution in [3.05, 3.63) is 204 Å². The monoisotopic (exact) mass is 888 g/mol. The highest BCUT2D eigenvalue weighted by Gasteiger charge is 2.38. The van der Waals surface area contributed by atoms with Crippen molar-refractivity contribution in [2.75, 3.05) is 0 Å². The number of alkyl halides is 6. The fourth-order valence-electron chi connectivity index (χ4n) is 8.49. The van der Waals surface area contributed by atoms with E-state index in [1.54, 1.807) is 30.3 Å². The van der Waals surface area contributed by atoms with E-state index in [9.17, 15) is 36.9 Å². The Hall–Kier alpha value is -8.87. The van der Waals surface area contributed by atoms with Crippen LogP contribution in [-0.2, 0) is 12.4 Å². The second-order valence-corrected chi connectivity index (χ2v) is 15.6. The molecule has 0 atom stereocenters. The standard InChI is InChI=1S/C55H30F6N6/c56-54(57,58)40-22-24-43(47(30-40)55(59,60)61)37-19-23-44(53-65-51(33-11-3-1-4-12-33)64-52(66-53)34-13-5-2-6-14-34)50(29-37)67-48-25-20-35(41-17-9-7-15-38(41)31-62)27-45(48)46-28-36(21-26-49(46)67)42-18-10-8-16-39(42)32-63/h1-30H. The van der Waals surface area contributed by atoms with Gasteiger partial charge in [-0.15, -0.1) is 0 Å². The SMILES string of the molecule is N#Cc1ccccc1-c1ccc2c(c1)c1cc(-c3ccccc3C#N)ccc1n2-c1cc(-c2ccc(C(F)(F)F)cc2C(F)(F)F)ccc1-c1nc(-c2ccccc2)nc(-c2ccccc2)n1. The number of nitriles is 2. The molecular weight excluding hydrogens is 859 g/mol. The molecular formula is C55H30F6N6. The maximum Gasteiger partial charge on any atom is 0.417 e. The smallest absolute Gasteiger partial charge is 0.308 e. The topological polar surface area (TPSA) is 91.2 Å². The number of benzene rings is 8. The van der Waals surface area contributed by atoms with Crippen molar-refractivity contribution in [2.45, 2.75) is 12.4 Å². The summed E-state index contributed by atoms with van der Waals surface area (Å²) in [5.41, 5.74) is 3.53. The minimum absolute atomic E-state index is 0.0189. The van der Waals surface area contributed by atoms with Gasteiger partial charge in [0.2, 0.25) is 0 Å². The summed E-state index contributed by atoms with van der Waals surface area (Å²) in [6, 6.07) is 54.7. The van der Waals surface area contributed by atoms with Crippen molar-refractivity contribution in [3.8, 4) is 85.4 Å². The average Bonchev–Trinajstić information content (AvgIpc) is 3.68. The molecule has 0 amide bonds. The Bertz CT molecular complexity index is 3470. The van der Waals surface area contributed by atoms with Gasteiger partial charge in [0.05, 0.1) is 51.1 Å². The second kappa shape index (κ2) is 16.6. The zero-order valence-electron chi connectivity index (χ0n) is 34.8. The molecule has 0 aliphatic carbocycles. The minimum Gasteiger partial charge on any atom is -0.308 e. The summed E-state index contributed by atoms with van der Waals surface area (Å²) in [7, 11) is 0. The summed E-state index contributed by atoms with van der Waals surface area (Å²) < 4.78 is 88.3. The van der Waals surface area contributed by atoms with E-state index in [-0.39, 0.29) is 17.5 Å². The number of nitrogens with zero attached hydrogens (tertiary/aromatic N) is 6. The normalized spacial score (nSPS) is 11.7. The van der Waals surface area contributed by atoms with E-state index in [0.29, 0.717) is 84.2 Å². The van der Waals surface area contributed by atoms with Crippen LogP contribution < -0.4 is 0 Å². The predicted molar refractivity (Wildman–Crippen MR) is 246 cm³/mol. The second-order valence-electron chi connectivity index (χ2n) is 15.6. The van der Waals surface area contributed by atoms with Crippen molar-refractivity contribution >= 4 is 21.8 Å². The summed E-state index contributed by atoms with van der Waals surface area (Å²) >= 11 is 0. The molecule has 8 aromatic carbocycles. The van der Waals surface area contributed by atoms with Gasteiger partial charge in [-0.3, -0.25) is 0 Å². The van der Waals surface area contributed by atoms with Gasteiger partial charge < -0.3 is 4.57 Å². The Morgan fingerprint density at radius 1 is 0.388 bits per heavy atom. The van der Waals surface area contributed by atoms with E-state index in [1.807, 2.05) is 126 Å². The number of fused-ring (bicyclic) bond motifs is 3. The highest BCUT2D eigenvalue weighted by molar-refractivity contribution is 6.12. The Morgan fingerprint density at radius 3 is 1.33 bits per heavy atom. The molecule has 2 aromatic heterocycles. The molecule has 12 heteroatoms. The summed E-state index contributed by atoms with van der Waals surface area (Å²) in [6.07, 6.45) is -10.2. The van der Waals surface area contributed by atoms with Gasteiger partial charge in [0.25, 0.3) is 0 Å². The van der Waals surface area contributed by atoms with Crippen molar-refractivity contribution < 1.29 is 26.3 Å². The van der Waals surface area contributed by atoms with Crippen LogP contribution in [0, 0.1) is 22.7 Å². The number of aromatic nitrogens is 4. The Labute approximate surface area is 379 Å². The third-order valence-corrected chi connectivity index (χ3v) is 11.6. The average molecular weight is 889 g/mol. The molecule has 0 aliphatic rings. The Balaban J connectivity index is 1.32. The molecule has 10 aromatic rings. The number of rotatable bonds is 7. The van der Waals surface area contributed by atoms with Gasteiger partial charge in [0.15, 0.2) is 17.5 Å². The van der Waals surface area contributed by atoms with Crippen LogP contribution in [-0.4, -0.2) is 19.5 Å². The summed E-state index contributed by atoms with van der Waals surface area (Å²) in [6.45, 7) is 0. The van der Waals surface area contributed by atoms with Crippen LogP contribution in [0.15, 0.2) is 182 Å². The third kappa shape index (κ3) is 7.81. The van der Waals surface area contributed by atoms with E-state index >= 15 is 0 Å². The molecule has 0 N–H and O–H groups in total. The van der Waals surface area contributed by atoms with Crippen LogP contribution in [0.2, 0.25) is 0 Å². The lowest BCUT2D eigenvalue weighted by molar-refractivity contribution is -0.142. The highest BCUT2D eigenvalue weighted by atomic mass is 19.4. The molecule has 0 radical (unpaired) electrons. The first-order valence-corrected chi connectivity index (χ1v) is 20.8. The Kier molecular flexibility index (Phi) is 10.4. The van der Waals surface area contributed by atoms with E-state index in [2.05, 4.69) is 12.1 Å². The molecule has 0 saturated carbocycles. The lowest BCUT2D eigenvalue weighted by atomic mass is 9.95. The van der Waals surface area contributed by atoms with E-state index in [0.717, 1.165) is 17.2 Å². The molecule has 0 bridgehead atoms. The van der Waals surface area contributed by atoms with Gasteiger partial charge in [-0.1, -0.05) is 121 Å². The van der Waals surface area contributed by atoms with Crippen LogP contribution in [0.4, 0.5) is 26.3 Å². The van der Waals surface area contributed by atoms with Gasteiger partial charge >= 0.3 is 12.4 Å². The van der Waals surface area contributed by atoms with Crippen molar-refractivity contribution in [1.29, 1.82) is 10.5 Å². The zero-order valence-corrected chi connectivity index (χ0v) is 34.8. The molecule has 10 rings (SSSR count). The third-order valence-electron chi connectivity index (χ3n) is 11.6. The first-order chi connectivity index (χ1) is 32.4. The van der Waals surface area contributed by atoms with Crippen LogP contribution in [0.25, 0.3) is 95.0 Å². The molecule has 0 aliphatic heterocycles. The first-order valence-electron chi connectivity index (χ1n) is 20.8. The highest BCUT2D eigenvalue weighted by Crippen LogP contribution is 2.45. The molecule has 0 unspecified atom stereocenters. The molecule has 0 saturated heterocycles. The van der Waals surface area contributed by atoms with E-state index < -0.39 is 29.0 Å². The molecule has 322 valence electrons. The molecule has 67 heavy (non-hydrogen) atoms. The lowest BCUT2D eigenvalue weighted by Gasteiger charge is -2.19. The van der Waals surface area contributed by atoms with Crippen LogP contribution in [0.5, 0.6) is 0 Å². The first kappa shape index (κ1) is 42.1. The molecule has 0 spiro atoms.